The molecule has 1 aromatic rings. The molecule has 14 nitrogen and oxygen atoms in total. The van der Waals surface area contributed by atoms with Gasteiger partial charge >= 0.3 is 5.97 Å². The molecule has 0 aliphatic carbocycles. The molecule has 1 aromatic heterocycles. The van der Waals surface area contributed by atoms with Gasteiger partial charge in [-0.15, -0.1) is 0 Å². The predicted octanol–water partition coefficient (Wildman–Crippen LogP) is -3.81. The van der Waals surface area contributed by atoms with Crippen molar-refractivity contribution in [2.75, 3.05) is 13.2 Å². The van der Waals surface area contributed by atoms with E-state index in [0.29, 0.717) is 12.1 Å². The first-order valence-corrected chi connectivity index (χ1v) is 9.90. The van der Waals surface area contributed by atoms with Gasteiger partial charge in [-0.25, -0.2) is 9.78 Å². The molecule has 1 aliphatic rings. The summed E-state index contributed by atoms with van der Waals surface area (Å²) in [7, 11) is 0. The van der Waals surface area contributed by atoms with Crippen LogP contribution in [0.5, 0.6) is 0 Å². The normalized spacial score (nSPS) is 18.4. The third-order valence-electron chi connectivity index (χ3n) is 4.99. The van der Waals surface area contributed by atoms with Gasteiger partial charge in [0.1, 0.15) is 24.2 Å². The fourth-order valence-corrected chi connectivity index (χ4v) is 3.35. The van der Waals surface area contributed by atoms with Crippen LogP contribution in [0.15, 0.2) is 12.5 Å². The third-order valence-corrected chi connectivity index (χ3v) is 4.99. The number of primary amides is 1. The third kappa shape index (κ3) is 6.49. The van der Waals surface area contributed by atoms with E-state index in [9.17, 15) is 29.1 Å². The summed E-state index contributed by atoms with van der Waals surface area (Å²) < 4.78 is 0. The van der Waals surface area contributed by atoms with E-state index in [2.05, 4.69) is 20.6 Å². The Balaban J connectivity index is 2.20. The van der Waals surface area contributed by atoms with E-state index in [4.69, 9.17) is 16.6 Å². The lowest BCUT2D eigenvalue weighted by molar-refractivity contribution is -0.149. The smallest absolute Gasteiger partial charge is 0.326 e. The fraction of sp³-hybridized carbons (Fsp3) is 0.556. The van der Waals surface area contributed by atoms with Crippen molar-refractivity contribution < 1.29 is 34.2 Å². The number of likely N-dealkylation sites (tertiary alicyclic amines) is 1. The van der Waals surface area contributed by atoms with Gasteiger partial charge in [0.15, 0.2) is 0 Å². The van der Waals surface area contributed by atoms with Crippen molar-refractivity contribution in [2.24, 2.45) is 11.5 Å². The molecule has 0 radical (unpaired) electrons. The number of carbonyl (C=O) groups is 5. The lowest BCUT2D eigenvalue weighted by atomic mass is 10.1. The average Bonchev–Trinajstić information content (AvgIpc) is 3.43. The first-order valence-electron chi connectivity index (χ1n) is 9.90. The number of hydrogen-bond acceptors (Lipinski definition) is 8. The molecule has 2 heterocycles. The Hall–Kier alpha value is -3.52. The van der Waals surface area contributed by atoms with Crippen LogP contribution in [0.1, 0.15) is 25.0 Å². The van der Waals surface area contributed by atoms with E-state index in [1.54, 1.807) is 0 Å². The zero-order chi connectivity index (χ0) is 23.8. The van der Waals surface area contributed by atoms with Crippen LogP contribution in [0.3, 0.4) is 0 Å². The summed E-state index contributed by atoms with van der Waals surface area (Å²) in [5, 5.41) is 23.2. The van der Waals surface area contributed by atoms with Crippen LogP contribution < -0.4 is 22.1 Å². The summed E-state index contributed by atoms with van der Waals surface area (Å²) in [6.45, 7) is -0.501. The number of carboxylic acid groups (broad SMARTS) is 1. The molecule has 4 unspecified atom stereocenters. The van der Waals surface area contributed by atoms with Crippen molar-refractivity contribution in [3.8, 4) is 0 Å². The quantitative estimate of drug-likeness (QED) is 0.174. The molecule has 4 atom stereocenters. The molecule has 1 fully saturated rings. The maximum atomic E-state index is 12.9. The Morgan fingerprint density at radius 3 is 2.47 bits per heavy atom. The van der Waals surface area contributed by atoms with E-state index in [1.807, 2.05) is 0 Å². The van der Waals surface area contributed by atoms with Gasteiger partial charge in [-0.2, -0.15) is 0 Å². The predicted molar refractivity (Wildman–Crippen MR) is 107 cm³/mol. The number of nitrogens with zero attached hydrogens (tertiary/aromatic N) is 2. The van der Waals surface area contributed by atoms with Crippen LogP contribution >= 0.6 is 0 Å². The zero-order valence-corrected chi connectivity index (χ0v) is 17.2. The van der Waals surface area contributed by atoms with Gasteiger partial charge in [-0.3, -0.25) is 19.2 Å². The van der Waals surface area contributed by atoms with Crippen molar-refractivity contribution in [2.45, 2.75) is 49.9 Å². The number of hydrogen-bond donors (Lipinski definition) is 7. The average molecular weight is 453 g/mol. The van der Waals surface area contributed by atoms with E-state index in [0.717, 1.165) is 4.90 Å². The maximum Gasteiger partial charge on any atom is 0.326 e. The van der Waals surface area contributed by atoms with E-state index >= 15 is 0 Å². The number of aliphatic hydroxyl groups is 1. The highest BCUT2D eigenvalue weighted by molar-refractivity contribution is 5.96. The minimum absolute atomic E-state index is 0.0608. The minimum Gasteiger partial charge on any atom is -0.480 e. The van der Waals surface area contributed by atoms with Crippen LogP contribution in [0.4, 0.5) is 0 Å². The van der Waals surface area contributed by atoms with Crippen LogP contribution in [0, 0.1) is 0 Å². The monoisotopic (exact) mass is 453 g/mol. The number of aromatic nitrogens is 2. The molecule has 32 heavy (non-hydrogen) atoms. The standard InChI is InChI=1S/C18H27N7O7/c19-10(7-26)15(28)23-11(4-9-6-21-8-22-9)16(29)24-12(5-14(20)27)17(30)25-3-1-2-13(25)18(31)32/h6,8,10-13,26H,1-5,7,19H2,(H2,20,27)(H,21,22)(H,23,28)(H,24,29)(H,31,32). The highest BCUT2D eigenvalue weighted by atomic mass is 16.4. The molecular formula is C18H27N7O7. The number of nitrogens with two attached hydrogens (primary N) is 2. The summed E-state index contributed by atoms with van der Waals surface area (Å²) in [5.41, 5.74) is 11.2. The number of aliphatic hydroxyl groups excluding tert-OH is 1. The molecule has 0 aromatic carbocycles. The highest BCUT2D eigenvalue weighted by Gasteiger charge is 2.39. The summed E-state index contributed by atoms with van der Waals surface area (Å²) in [6.07, 6.45) is 2.87. The molecule has 4 amide bonds. The molecule has 0 saturated carbocycles. The number of imidazole rings is 1. The van der Waals surface area contributed by atoms with Crippen molar-refractivity contribution in [1.82, 2.24) is 25.5 Å². The molecule has 1 saturated heterocycles. The van der Waals surface area contributed by atoms with Crippen molar-refractivity contribution in [1.29, 1.82) is 0 Å². The lowest BCUT2D eigenvalue weighted by Crippen LogP contribution is -2.58. The van der Waals surface area contributed by atoms with E-state index in [1.165, 1.54) is 12.5 Å². The van der Waals surface area contributed by atoms with Crippen molar-refractivity contribution in [3.63, 3.8) is 0 Å². The Bertz CT molecular complexity index is 845. The topological polar surface area (TPSA) is 234 Å². The van der Waals surface area contributed by atoms with E-state index < -0.39 is 66.8 Å². The second-order valence-corrected chi connectivity index (χ2v) is 7.39. The summed E-state index contributed by atoms with van der Waals surface area (Å²) in [6, 6.07) is -5.01. The molecule has 9 N–H and O–H groups in total. The highest BCUT2D eigenvalue weighted by Crippen LogP contribution is 2.19. The lowest BCUT2D eigenvalue weighted by Gasteiger charge is -2.28. The van der Waals surface area contributed by atoms with Gasteiger partial charge in [0.05, 0.1) is 19.4 Å². The molecule has 176 valence electrons. The Labute approximate surface area is 182 Å². The second kappa shape index (κ2) is 11.2. The van der Waals surface area contributed by atoms with Crippen LogP contribution in [0.2, 0.25) is 0 Å². The van der Waals surface area contributed by atoms with Crippen LogP contribution in [-0.4, -0.2) is 92.0 Å². The van der Waals surface area contributed by atoms with Gasteiger partial charge in [-0.1, -0.05) is 0 Å². The van der Waals surface area contributed by atoms with Gasteiger partial charge < -0.3 is 42.2 Å². The summed E-state index contributed by atoms with van der Waals surface area (Å²) in [4.78, 5) is 68.6. The molecule has 0 spiro atoms. The maximum absolute atomic E-state index is 12.9. The number of amides is 4. The Morgan fingerprint density at radius 2 is 1.91 bits per heavy atom. The number of aliphatic carboxylic acids is 1. The SMILES string of the molecule is NC(=O)CC(NC(=O)C(Cc1cnc[nH]1)NC(=O)C(N)CO)C(=O)N1CCCC1C(=O)O. The molecule has 0 bridgehead atoms. The number of carboxylic acids is 1. The zero-order valence-electron chi connectivity index (χ0n) is 17.2. The molecule has 2 rings (SSSR count). The molecular weight excluding hydrogens is 426 g/mol. The van der Waals surface area contributed by atoms with Crippen molar-refractivity contribution >= 4 is 29.6 Å². The molecule has 1 aliphatic heterocycles. The van der Waals surface area contributed by atoms with Gasteiger partial charge in [-0.05, 0) is 12.8 Å². The van der Waals surface area contributed by atoms with Crippen molar-refractivity contribution in [3.05, 3.63) is 18.2 Å². The van der Waals surface area contributed by atoms with Gasteiger partial charge in [0.2, 0.25) is 23.6 Å². The fourth-order valence-electron chi connectivity index (χ4n) is 3.35. The number of nitrogens with one attached hydrogen (secondary N) is 3. The molecule has 14 heteroatoms. The minimum atomic E-state index is -1.42. The number of aromatic amines is 1. The first kappa shape index (κ1) is 24.7. The van der Waals surface area contributed by atoms with Gasteiger partial charge in [0, 0.05) is 24.9 Å². The summed E-state index contributed by atoms with van der Waals surface area (Å²) in [5.74, 6) is -4.48. The number of H-pyrrole nitrogens is 1. The largest absolute Gasteiger partial charge is 0.480 e. The Morgan fingerprint density at radius 1 is 1.22 bits per heavy atom. The summed E-state index contributed by atoms with van der Waals surface area (Å²) >= 11 is 0. The van der Waals surface area contributed by atoms with Gasteiger partial charge in [0.25, 0.3) is 0 Å². The van der Waals surface area contributed by atoms with Crippen LogP contribution in [-0.2, 0) is 30.4 Å². The number of rotatable bonds is 11. The number of carbonyl (C=O) groups excluding carboxylic acids is 4. The second-order valence-electron chi connectivity index (χ2n) is 7.39. The van der Waals surface area contributed by atoms with E-state index in [-0.39, 0.29) is 19.4 Å². The first-order chi connectivity index (χ1) is 15.1. The van der Waals surface area contributed by atoms with Crippen LogP contribution in [0.25, 0.3) is 0 Å². The Kier molecular flexibility index (Phi) is 8.66.